The smallest absolute Gasteiger partial charge is 0.130 e. The first-order valence-corrected chi connectivity index (χ1v) is 11.7. The molecule has 0 N–H and O–H groups in total. The summed E-state index contributed by atoms with van der Waals surface area (Å²) < 4.78 is 29.6. The highest BCUT2D eigenvalue weighted by atomic mass is 19.1. The molecule has 2 atom stereocenters. The number of likely N-dealkylation sites (N-methyl/N-ethyl adjacent to an activating group) is 1. The van der Waals surface area contributed by atoms with Gasteiger partial charge in [0.25, 0.3) is 0 Å². The minimum Gasteiger partial charge on any atom is -0.300 e. The molecule has 0 saturated heterocycles. The SMILES string of the molecule is CCC(CCC(C#N)(c1c(F)cccc1F)C1CCC1)N(CC)CCc1ccccc1. The Morgan fingerprint density at radius 3 is 2.26 bits per heavy atom. The number of benzene rings is 2. The van der Waals surface area contributed by atoms with Crippen LogP contribution in [-0.2, 0) is 11.8 Å². The highest BCUT2D eigenvalue weighted by Crippen LogP contribution is 2.48. The van der Waals surface area contributed by atoms with Crippen molar-refractivity contribution >= 4 is 0 Å². The average molecular weight is 425 g/mol. The lowest BCUT2D eigenvalue weighted by atomic mass is 9.60. The number of halogens is 2. The maximum Gasteiger partial charge on any atom is 0.130 e. The lowest BCUT2D eigenvalue weighted by molar-refractivity contribution is 0.148. The second-order valence-electron chi connectivity index (χ2n) is 8.77. The van der Waals surface area contributed by atoms with Crippen molar-refractivity contribution in [3.05, 3.63) is 71.3 Å². The van der Waals surface area contributed by atoms with Crippen LogP contribution >= 0.6 is 0 Å². The molecule has 1 saturated carbocycles. The molecule has 2 nitrogen and oxygen atoms in total. The maximum absolute atomic E-state index is 14.8. The topological polar surface area (TPSA) is 27.0 Å². The van der Waals surface area contributed by atoms with Gasteiger partial charge in [-0.05, 0) is 68.7 Å². The fourth-order valence-corrected chi connectivity index (χ4v) is 5.12. The Morgan fingerprint density at radius 2 is 1.74 bits per heavy atom. The molecule has 0 aromatic heterocycles. The van der Waals surface area contributed by atoms with Gasteiger partial charge in [0, 0.05) is 18.2 Å². The Labute approximate surface area is 185 Å². The van der Waals surface area contributed by atoms with Gasteiger partial charge in [0.05, 0.1) is 11.5 Å². The Bertz CT molecular complexity index is 852. The predicted molar refractivity (Wildman–Crippen MR) is 122 cm³/mol. The van der Waals surface area contributed by atoms with E-state index in [2.05, 4.69) is 49.1 Å². The summed E-state index contributed by atoms with van der Waals surface area (Å²) in [7, 11) is 0. The molecule has 1 aliphatic rings. The van der Waals surface area contributed by atoms with Gasteiger partial charge < -0.3 is 4.90 Å². The molecule has 0 heterocycles. The van der Waals surface area contributed by atoms with Gasteiger partial charge >= 0.3 is 0 Å². The fourth-order valence-electron chi connectivity index (χ4n) is 5.12. The minimum atomic E-state index is -1.08. The van der Waals surface area contributed by atoms with Crippen LogP contribution in [0.15, 0.2) is 48.5 Å². The molecule has 0 spiro atoms. The van der Waals surface area contributed by atoms with Crippen LogP contribution in [0.4, 0.5) is 8.78 Å². The first-order valence-electron chi connectivity index (χ1n) is 11.7. The molecule has 0 amide bonds. The van der Waals surface area contributed by atoms with Gasteiger partial charge in [-0.2, -0.15) is 5.26 Å². The lowest BCUT2D eigenvalue weighted by Gasteiger charge is -2.42. The van der Waals surface area contributed by atoms with Gasteiger partial charge in [-0.25, -0.2) is 8.78 Å². The molecule has 0 bridgehead atoms. The van der Waals surface area contributed by atoms with Gasteiger partial charge in [0.15, 0.2) is 0 Å². The molecule has 2 unspecified atom stereocenters. The van der Waals surface area contributed by atoms with Gasteiger partial charge in [-0.3, -0.25) is 0 Å². The molecule has 1 aliphatic carbocycles. The van der Waals surface area contributed by atoms with E-state index in [1.807, 2.05) is 6.07 Å². The van der Waals surface area contributed by atoms with Crippen LogP contribution in [0.2, 0.25) is 0 Å². The zero-order valence-corrected chi connectivity index (χ0v) is 18.8. The molecule has 0 radical (unpaired) electrons. The molecular formula is C27H34F2N2. The van der Waals surface area contributed by atoms with E-state index in [4.69, 9.17) is 0 Å². The molecule has 0 aliphatic heterocycles. The van der Waals surface area contributed by atoms with E-state index in [0.29, 0.717) is 6.42 Å². The van der Waals surface area contributed by atoms with Crippen molar-refractivity contribution in [2.75, 3.05) is 13.1 Å². The van der Waals surface area contributed by atoms with Crippen LogP contribution in [0.3, 0.4) is 0 Å². The van der Waals surface area contributed by atoms with Crippen molar-refractivity contribution in [3.8, 4) is 6.07 Å². The molecule has 166 valence electrons. The van der Waals surface area contributed by atoms with E-state index in [-0.39, 0.29) is 17.5 Å². The van der Waals surface area contributed by atoms with Crippen LogP contribution in [-0.4, -0.2) is 24.0 Å². The fraction of sp³-hybridized carbons (Fsp3) is 0.519. The Hall–Kier alpha value is -2.25. The Morgan fingerprint density at radius 1 is 1.06 bits per heavy atom. The summed E-state index contributed by atoms with van der Waals surface area (Å²) in [6, 6.07) is 17.1. The minimum absolute atomic E-state index is 0.00983. The summed E-state index contributed by atoms with van der Waals surface area (Å²) >= 11 is 0. The number of hydrogen-bond acceptors (Lipinski definition) is 2. The van der Waals surface area contributed by atoms with Gasteiger partial charge in [0.2, 0.25) is 0 Å². The number of nitriles is 1. The normalized spacial score (nSPS) is 17.0. The van der Waals surface area contributed by atoms with E-state index in [0.717, 1.165) is 51.6 Å². The summed E-state index contributed by atoms with van der Waals surface area (Å²) in [6.07, 6.45) is 5.93. The Kier molecular flexibility index (Phi) is 8.21. The second kappa shape index (κ2) is 10.9. The average Bonchev–Trinajstić information content (AvgIpc) is 2.74. The third-order valence-electron chi connectivity index (χ3n) is 7.21. The number of nitrogens with zero attached hydrogens (tertiary/aromatic N) is 2. The predicted octanol–water partition coefficient (Wildman–Crippen LogP) is 6.65. The van der Waals surface area contributed by atoms with Gasteiger partial charge in [0.1, 0.15) is 11.6 Å². The summed E-state index contributed by atoms with van der Waals surface area (Å²) in [4.78, 5) is 2.45. The van der Waals surface area contributed by atoms with Crippen molar-refractivity contribution in [1.82, 2.24) is 4.90 Å². The highest BCUT2D eigenvalue weighted by Gasteiger charge is 2.47. The van der Waals surface area contributed by atoms with Gasteiger partial charge in [-0.15, -0.1) is 0 Å². The van der Waals surface area contributed by atoms with E-state index in [1.54, 1.807) is 0 Å². The zero-order valence-electron chi connectivity index (χ0n) is 18.8. The molecule has 2 aromatic carbocycles. The molecular weight excluding hydrogens is 390 g/mol. The second-order valence-corrected chi connectivity index (χ2v) is 8.77. The van der Waals surface area contributed by atoms with E-state index in [1.165, 1.54) is 23.8 Å². The standard InChI is InChI=1S/C27H34F2N2/c1-3-23(31(4-2)19-17-21-10-6-5-7-11-21)16-18-27(20-30,22-12-8-13-22)26-24(28)14-9-15-25(26)29/h5-7,9-11,14-15,22-23H,3-4,8,12-13,16-19H2,1-2H3. The highest BCUT2D eigenvalue weighted by molar-refractivity contribution is 5.37. The molecule has 3 rings (SSSR count). The van der Waals surface area contributed by atoms with Gasteiger partial charge in [-0.1, -0.05) is 56.7 Å². The monoisotopic (exact) mass is 424 g/mol. The van der Waals surface area contributed by atoms with Crippen LogP contribution in [0.1, 0.15) is 63.5 Å². The van der Waals surface area contributed by atoms with Crippen molar-refractivity contribution in [1.29, 1.82) is 5.26 Å². The van der Waals surface area contributed by atoms with E-state index < -0.39 is 17.0 Å². The summed E-state index contributed by atoms with van der Waals surface area (Å²) in [5.41, 5.74) is 0.217. The Balaban J connectivity index is 1.78. The van der Waals surface area contributed by atoms with Crippen LogP contribution < -0.4 is 0 Å². The van der Waals surface area contributed by atoms with E-state index >= 15 is 0 Å². The number of hydrogen-bond donors (Lipinski definition) is 0. The third-order valence-corrected chi connectivity index (χ3v) is 7.21. The zero-order chi connectivity index (χ0) is 22.3. The quantitative estimate of drug-likeness (QED) is 0.404. The van der Waals surface area contributed by atoms with Crippen molar-refractivity contribution in [2.24, 2.45) is 5.92 Å². The van der Waals surface area contributed by atoms with Crippen LogP contribution in [0.5, 0.6) is 0 Å². The van der Waals surface area contributed by atoms with Crippen LogP contribution in [0, 0.1) is 28.9 Å². The molecule has 1 fully saturated rings. The third kappa shape index (κ3) is 5.15. The van der Waals surface area contributed by atoms with Crippen LogP contribution in [0.25, 0.3) is 0 Å². The summed E-state index contributed by atoms with van der Waals surface area (Å²) in [6.45, 7) is 6.18. The summed E-state index contributed by atoms with van der Waals surface area (Å²) in [5, 5.41) is 10.3. The first kappa shape index (κ1) is 23.4. The number of rotatable bonds is 11. The molecule has 4 heteroatoms. The van der Waals surface area contributed by atoms with E-state index in [9.17, 15) is 14.0 Å². The largest absolute Gasteiger partial charge is 0.300 e. The van der Waals surface area contributed by atoms with Crippen molar-refractivity contribution < 1.29 is 8.78 Å². The maximum atomic E-state index is 14.8. The molecule has 31 heavy (non-hydrogen) atoms. The lowest BCUT2D eigenvalue weighted by Crippen LogP contribution is -2.42. The molecule has 2 aromatic rings. The van der Waals surface area contributed by atoms with Crippen molar-refractivity contribution in [3.63, 3.8) is 0 Å². The van der Waals surface area contributed by atoms with Crippen molar-refractivity contribution in [2.45, 2.75) is 70.3 Å². The first-order chi connectivity index (χ1) is 15.1. The summed E-state index contributed by atoms with van der Waals surface area (Å²) in [5.74, 6) is -1.14.